The molecule has 0 radical (unpaired) electrons. The molecule has 0 aliphatic carbocycles. The molecule has 0 saturated carbocycles. The SMILES string of the molecule is COC(=O)C[C@H](CC(C)C)c1c(O)nc2ccc(Cl)cn2c1=O. The number of hydrogen-bond donors (Lipinski definition) is 1. The average Bonchev–Trinajstić information content (AvgIpc) is 2.47. The van der Waals surface area contributed by atoms with Gasteiger partial charge < -0.3 is 9.84 Å². The first kappa shape index (κ1) is 17.3. The molecule has 6 nitrogen and oxygen atoms in total. The molecule has 2 aromatic heterocycles. The molecule has 1 atom stereocenters. The van der Waals surface area contributed by atoms with Gasteiger partial charge in [-0.3, -0.25) is 14.0 Å². The average molecular weight is 339 g/mol. The van der Waals surface area contributed by atoms with Gasteiger partial charge in [0.2, 0.25) is 5.88 Å². The highest BCUT2D eigenvalue weighted by Crippen LogP contribution is 2.30. The van der Waals surface area contributed by atoms with Crippen molar-refractivity contribution in [3.05, 3.63) is 39.3 Å². The Hall–Kier alpha value is -2.08. The highest BCUT2D eigenvalue weighted by Gasteiger charge is 2.26. The van der Waals surface area contributed by atoms with Crippen molar-refractivity contribution in [2.45, 2.75) is 32.6 Å². The van der Waals surface area contributed by atoms with Crippen LogP contribution in [0.25, 0.3) is 5.65 Å². The smallest absolute Gasteiger partial charge is 0.306 e. The Bertz CT molecular complexity index is 785. The summed E-state index contributed by atoms with van der Waals surface area (Å²) in [6, 6.07) is 3.13. The van der Waals surface area contributed by atoms with Crippen LogP contribution in [0.4, 0.5) is 0 Å². The number of nitrogens with zero attached hydrogens (tertiary/aromatic N) is 2. The van der Waals surface area contributed by atoms with Crippen LogP contribution in [0, 0.1) is 5.92 Å². The fourth-order valence-electron chi connectivity index (χ4n) is 2.63. The van der Waals surface area contributed by atoms with Gasteiger partial charge in [0, 0.05) is 12.1 Å². The standard InChI is InChI=1S/C16H19ClN2O4/c1-9(2)6-10(7-13(20)23-3)14-15(21)18-12-5-4-11(17)8-19(12)16(14)22/h4-5,8-10,21H,6-7H2,1-3H3/t10-/m0/s1. The maximum atomic E-state index is 12.7. The Labute approximate surface area is 138 Å². The van der Waals surface area contributed by atoms with Crippen molar-refractivity contribution < 1.29 is 14.6 Å². The molecule has 2 rings (SSSR count). The number of pyridine rings is 1. The van der Waals surface area contributed by atoms with Crippen LogP contribution >= 0.6 is 11.6 Å². The van der Waals surface area contributed by atoms with Gasteiger partial charge in [-0.05, 0) is 24.5 Å². The Morgan fingerprint density at radius 2 is 2.13 bits per heavy atom. The highest BCUT2D eigenvalue weighted by molar-refractivity contribution is 6.30. The second kappa shape index (κ2) is 7.00. The minimum atomic E-state index is -0.474. The number of ether oxygens (including phenoxy) is 1. The molecule has 7 heteroatoms. The van der Waals surface area contributed by atoms with Crippen molar-refractivity contribution in [1.29, 1.82) is 0 Å². The van der Waals surface area contributed by atoms with E-state index in [0.717, 1.165) is 0 Å². The second-order valence-corrected chi connectivity index (χ2v) is 6.27. The lowest BCUT2D eigenvalue weighted by molar-refractivity contribution is -0.141. The van der Waals surface area contributed by atoms with Gasteiger partial charge >= 0.3 is 5.97 Å². The van der Waals surface area contributed by atoms with Crippen LogP contribution in [0.1, 0.15) is 38.2 Å². The third-order valence-corrected chi connectivity index (χ3v) is 3.83. The summed E-state index contributed by atoms with van der Waals surface area (Å²) >= 11 is 5.93. The van der Waals surface area contributed by atoms with E-state index >= 15 is 0 Å². The number of halogens is 1. The summed E-state index contributed by atoms with van der Waals surface area (Å²) in [5.74, 6) is -1.04. The van der Waals surface area contributed by atoms with Crippen LogP contribution in [0.2, 0.25) is 5.02 Å². The second-order valence-electron chi connectivity index (χ2n) is 5.84. The third-order valence-electron chi connectivity index (χ3n) is 3.61. The molecule has 0 bridgehead atoms. The topological polar surface area (TPSA) is 80.9 Å². The summed E-state index contributed by atoms with van der Waals surface area (Å²) in [5, 5.41) is 10.6. The number of methoxy groups -OCH3 is 1. The molecule has 0 fully saturated rings. The zero-order valence-electron chi connectivity index (χ0n) is 13.2. The molecule has 23 heavy (non-hydrogen) atoms. The quantitative estimate of drug-likeness (QED) is 0.848. The summed E-state index contributed by atoms with van der Waals surface area (Å²) in [4.78, 5) is 28.5. The maximum absolute atomic E-state index is 12.7. The van der Waals surface area contributed by atoms with Gasteiger partial charge in [0.15, 0.2) is 0 Å². The Morgan fingerprint density at radius 3 is 2.74 bits per heavy atom. The molecule has 0 unspecified atom stereocenters. The molecule has 0 aromatic carbocycles. The molecule has 2 aromatic rings. The van der Waals surface area contributed by atoms with E-state index in [-0.39, 0.29) is 23.8 Å². The lowest BCUT2D eigenvalue weighted by atomic mass is 9.88. The lowest BCUT2D eigenvalue weighted by Crippen LogP contribution is -2.24. The van der Waals surface area contributed by atoms with Crippen molar-refractivity contribution in [3.63, 3.8) is 0 Å². The van der Waals surface area contributed by atoms with E-state index in [4.69, 9.17) is 16.3 Å². The van der Waals surface area contributed by atoms with Crippen LogP contribution in [0.15, 0.2) is 23.1 Å². The van der Waals surface area contributed by atoms with Crippen LogP contribution in [0.3, 0.4) is 0 Å². The number of aromatic hydroxyl groups is 1. The largest absolute Gasteiger partial charge is 0.493 e. The van der Waals surface area contributed by atoms with Crippen LogP contribution in [-0.4, -0.2) is 27.6 Å². The van der Waals surface area contributed by atoms with Gasteiger partial charge in [-0.2, -0.15) is 4.98 Å². The number of carbonyl (C=O) groups excluding carboxylic acids is 1. The summed E-state index contributed by atoms with van der Waals surface area (Å²) in [7, 11) is 1.29. The van der Waals surface area contributed by atoms with Gasteiger partial charge in [-0.25, -0.2) is 0 Å². The van der Waals surface area contributed by atoms with E-state index in [1.165, 1.54) is 17.7 Å². The number of esters is 1. The van der Waals surface area contributed by atoms with Gasteiger partial charge in [0.1, 0.15) is 5.65 Å². The van der Waals surface area contributed by atoms with Gasteiger partial charge in [-0.1, -0.05) is 25.4 Å². The number of hydrogen-bond acceptors (Lipinski definition) is 5. The Balaban J connectivity index is 2.61. The minimum Gasteiger partial charge on any atom is -0.493 e. The van der Waals surface area contributed by atoms with Crippen molar-refractivity contribution >= 4 is 23.2 Å². The molecular formula is C16H19ClN2O4. The van der Waals surface area contributed by atoms with E-state index in [9.17, 15) is 14.7 Å². The van der Waals surface area contributed by atoms with Crippen molar-refractivity contribution in [2.75, 3.05) is 7.11 Å². The normalized spacial score (nSPS) is 12.6. The minimum absolute atomic E-state index is 0.00575. The van der Waals surface area contributed by atoms with Crippen LogP contribution in [-0.2, 0) is 9.53 Å². The number of carbonyl (C=O) groups is 1. The summed E-state index contributed by atoms with van der Waals surface area (Å²) in [5.41, 5.74) is -0.0181. The predicted octanol–water partition coefficient (Wildman–Crippen LogP) is 2.75. The lowest BCUT2D eigenvalue weighted by Gasteiger charge is -2.19. The number of fused-ring (bicyclic) bond motifs is 1. The third kappa shape index (κ3) is 3.82. The Kier molecular flexibility index (Phi) is 5.26. The van der Waals surface area contributed by atoms with Gasteiger partial charge in [-0.15, -0.1) is 0 Å². The van der Waals surface area contributed by atoms with Crippen LogP contribution < -0.4 is 5.56 Å². The van der Waals surface area contributed by atoms with Gasteiger partial charge in [0.25, 0.3) is 5.56 Å². The van der Waals surface area contributed by atoms with E-state index in [1.807, 2.05) is 13.8 Å². The van der Waals surface area contributed by atoms with Gasteiger partial charge in [0.05, 0.1) is 24.1 Å². The first-order valence-corrected chi connectivity index (χ1v) is 7.68. The van der Waals surface area contributed by atoms with Crippen molar-refractivity contribution in [1.82, 2.24) is 9.38 Å². The van der Waals surface area contributed by atoms with Crippen molar-refractivity contribution in [3.8, 4) is 5.88 Å². The van der Waals surface area contributed by atoms with E-state index < -0.39 is 17.4 Å². The highest BCUT2D eigenvalue weighted by atomic mass is 35.5. The summed E-state index contributed by atoms with van der Waals surface area (Å²) < 4.78 is 5.98. The molecule has 1 N–H and O–H groups in total. The fourth-order valence-corrected chi connectivity index (χ4v) is 2.79. The summed E-state index contributed by atoms with van der Waals surface area (Å²) in [6.45, 7) is 3.95. The molecular weight excluding hydrogens is 320 g/mol. The zero-order valence-corrected chi connectivity index (χ0v) is 14.0. The van der Waals surface area contributed by atoms with Crippen LogP contribution in [0.5, 0.6) is 5.88 Å². The molecule has 0 aliphatic heterocycles. The fraction of sp³-hybridized carbons (Fsp3) is 0.438. The molecule has 0 spiro atoms. The maximum Gasteiger partial charge on any atom is 0.306 e. The van der Waals surface area contributed by atoms with E-state index in [2.05, 4.69) is 4.98 Å². The molecule has 0 amide bonds. The van der Waals surface area contributed by atoms with Crippen molar-refractivity contribution in [2.24, 2.45) is 5.92 Å². The molecule has 0 aliphatic rings. The first-order chi connectivity index (χ1) is 10.8. The predicted molar refractivity (Wildman–Crippen MR) is 87.0 cm³/mol. The van der Waals surface area contributed by atoms with E-state index in [1.54, 1.807) is 12.1 Å². The monoisotopic (exact) mass is 338 g/mol. The zero-order chi connectivity index (χ0) is 17.1. The molecule has 2 heterocycles. The molecule has 124 valence electrons. The molecule has 0 saturated heterocycles. The first-order valence-electron chi connectivity index (χ1n) is 7.31. The van der Waals surface area contributed by atoms with E-state index in [0.29, 0.717) is 17.1 Å². The summed E-state index contributed by atoms with van der Waals surface area (Å²) in [6.07, 6.45) is 2.00. The number of aromatic nitrogens is 2. The Morgan fingerprint density at radius 1 is 1.43 bits per heavy atom. The number of rotatable bonds is 5.